The van der Waals surface area contributed by atoms with E-state index >= 15 is 0 Å². The van der Waals surface area contributed by atoms with Gasteiger partial charge in [-0.3, -0.25) is 4.79 Å². The van der Waals surface area contributed by atoms with Crippen molar-refractivity contribution in [3.63, 3.8) is 0 Å². The summed E-state index contributed by atoms with van der Waals surface area (Å²) in [7, 11) is 0. The summed E-state index contributed by atoms with van der Waals surface area (Å²) in [4.78, 5) is 27.2. The fourth-order valence-electron chi connectivity index (χ4n) is 2.34. The molecule has 112 valence electrons. The third-order valence-corrected chi connectivity index (χ3v) is 3.32. The van der Waals surface area contributed by atoms with Gasteiger partial charge in [-0.05, 0) is 20.8 Å². The molecule has 0 aromatic rings. The van der Waals surface area contributed by atoms with Crippen LogP contribution in [0.15, 0.2) is 11.8 Å². The van der Waals surface area contributed by atoms with Crippen molar-refractivity contribution in [3.8, 4) is 0 Å². The summed E-state index contributed by atoms with van der Waals surface area (Å²) in [5.41, 5.74) is 0.607. The fourth-order valence-corrected chi connectivity index (χ4v) is 2.34. The average molecular weight is 281 g/mol. The van der Waals surface area contributed by atoms with E-state index in [1.807, 2.05) is 20.8 Å². The van der Waals surface area contributed by atoms with Crippen LogP contribution in [0.5, 0.6) is 0 Å². The zero-order valence-corrected chi connectivity index (χ0v) is 12.4. The second-order valence-corrected chi connectivity index (χ2v) is 6.13. The molecule has 2 rings (SSSR count). The van der Waals surface area contributed by atoms with E-state index in [1.165, 1.54) is 0 Å². The molecular weight excluding hydrogens is 258 g/mol. The van der Waals surface area contributed by atoms with Crippen LogP contribution in [0.4, 0.5) is 4.79 Å². The van der Waals surface area contributed by atoms with Crippen molar-refractivity contribution < 1.29 is 14.3 Å². The molecule has 2 aliphatic rings. The second-order valence-electron chi connectivity index (χ2n) is 6.13. The van der Waals surface area contributed by atoms with Crippen LogP contribution < -0.4 is 5.32 Å². The Morgan fingerprint density at radius 2 is 1.90 bits per heavy atom. The van der Waals surface area contributed by atoms with Crippen molar-refractivity contribution in [3.05, 3.63) is 11.8 Å². The first kappa shape index (κ1) is 14.7. The molecule has 0 saturated carbocycles. The minimum Gasteiger partial charge on any atom is -0.444 e. The summed E-state index contributed by atoms with van der Waals surface area (Å²) in [5.74, 6) is -0.0270. The number of rotatable bonds is 1. The monoisotopic (exact) mass is 281 g/mol. The molecule has 0 unspecified atom stereocenters. The highest BCUT2D eigenvalue weighted by Crippen LogP contribution is 2.16. The van der Waals surface area contributed by atoms with Gasteiger partial charge in [0, 0.05) is 50.9 Å². The third kappa shape index (κ3) is 3.88. The molecule has 0 aromatic carbocycles. The lowest BCUT2D eigenvalue weighted by atomic mass is 10.1. The Morgan fingerprint density at radius 3 is 2.45 bits per heavy atom. The molecule has 0 radical (unpaired) electrons. The Morgan fingerprint density at radius 1 is 1.25 bits per heavy atom. The van der Waals surface area contributed by atoms with Gasteiger partial charge in [0.25, 0.3) is 0 Å². The number of carbonyl (C=O) groups is 2. The Labute approximate surface area is 119 Å². The first-order valence-corrected chi connectivity index (χ1v) is 7.06. The maximum Gasteiger partial charge on any atom is 0.410 e. The van der Waals surface area contributed by atoms with Crippen molar-refractivity contribution in [2.75, 3.05) is 32.7 Å². The molecule has 1 saturated heterocycles. The first-order chi connectivity index (χ1) is 9.35. The van der Waals surface area contributed by atoms with Crippen LogP contribution in [0.1, 0.15) is 27.2 Å². The number of nitrogens with zero attached hydrogens (tertiary/aromatic N) is 2. The predicted molar refractivity (Wildman–Crippen MR) is 75.1 cm³/mol. The molecule has 6 nitrogen and oxygen atoms in total. The van der Waals surface area contributed by atoms with Crippen LogP contribution in [-0.2, 0) is 9.53 Å². The lowest BCUT2D eigenvalue weighted by molar-refractivity contribution is -0.117. The van der Waals surface area contributed by atoms with E-state index in [1.54, 1.807) is 11.0 Å². The van der Waals surface area contributed by atoms with Crippen molar-refractivity contribution in [1.29, 1.82) is 0 Å². The molecule has 0 aromatic heterocycles. The Balaban J connectivity index is 1.86. The number of amides is 2. The highest BCUT2D eigenvalue weighted by Gasteiger charge is 2.27. The SMILES string of the molecule is CC(C)(C)OC(=O)N1CCN(C2=CC(=O)NCC2)CC1. The minimum absolute atomic E-state index is 0.0270. The van der Waals surface area contributed by atoms with Gasteiger partial charge in [-0.15, -0.1) is 0 Å². The van der Waals surface area contributed by atoms with Crippen molar-refractivity contribution in [2.24, 2.45) is 0 Å². The van der Waals surface area contributed by atoms with Crippen molar-refractivity contribution in [2.45, 2.75) is 32.8 Å². The van der Waals surface area contributed by atoms with Gasteiger partial charge >= 0.3 is 6.09 Å². The van der Waals surface area contributed by atoms with Gasteiger partial charge in [0.2, 0.25) is 5.91 Å². The Kier molecular flexibility index (Phi) is 4.20. The number of nitrogens with one attached hydrogen (secondary N) is 1. The molecule has 2 heterocycles. The highest BCUT2D eigenvalue weighted by molar-refractivity contribution is 5.89. The molecule has 20 heavy (non-hydrogen) atoms. The topological polar surface area (TPSA) is 61.9 Å². The molecule has 0 atom stereocenters. The maximum atomic E-state index is 12.0. The van der Waals surface area contributed by atoms with E-state index in [9.17, 15) is 9.59 Å². The lowest BCUT2D eigenvalue weighted by Gasteiger charge is -2.38. The normalized spacial score (nSPS) is 20.4. The van der Waals surface area contributed by atoms with Gasteiger partial charge in [-0.25, -0.2) is 4.79 Å². The largest absolute Gasteiger partial charge is 0.444 e. The van der Waals surface area contributed by atoms with Gasteiger partial charge in [0.15, 0.2) is 0 Å². The highest BCUT2D eigenvalue weighted by atomic mass is 16.6. The zero-order chi connectivity index (χ0) is 14.8. The van der Waals surface area contributed by atoms with Gasteiger partial charge in [0.1, 0.15) is 5.60 Å². The van der Waals surface area contributed by atoms with E-state index in [2.05, 4.69) is 10.2 Å². The summed E-state index contributed by atoms with van der Waals surface area (Å²) in [6, 6.07) is 0. The minimum atomic E-state index is -0.460. The lowest BCUT2D eigenvalue weighted by Crippen LogP contribution is -2.50. The Bertz CT molecular complexity index is 418. The molecule has 6 heteroatoms. The molecule has 0 aliphatic carbocycles. The van der Waals surface area contributed by atoms with Gasteiger partial charge in [-0.1, -0.05) is 0 Å². The van der Waals surface area contributed by atoms with Crippen LogP contribution in [0, 0.1) is 0 Å². The van der Waals surface area contributed by atoms with E-state index in [4.69, 9.17) is 4.74 Å². The van der Waals surface area contributed by atoms with Crippen LogP contribution in [0.3, 0.4) is 0 Å². The number of carbonyl (C=O) groups excluding carboxylic acids is 2. The van der Waals surface area contributed by atoms with Crippen LogP contribution in [-0.4, -0.2) is 60.1 Å². The average Bonchev–Trinajstić information content (AvgIpc) is 2.37. The summed E-state index contributed by atoms with van der Waals surface area (Å²) >= 11 is 0. The summed E-state index contributed by atoms with van der Waals surface area (Å²) in [6.07, 6.45) is 2.26. The van der Waals surface area contributed by atoms with E-state index in [0.29, 0.717) is 19.6 Å². The number of piperazine rings is 1. The van der Waals surface area contributed by atoms with Crippen molar-refractivity contribution >= 4 is 12.0 Å². The third-order valence-electron chi connectivity index (χ3n) is 3.32. The van der Waals surface area contributed by atoms with Crippen LogP contribution in [0.25, 0.3) is 0 Å². The van der Waals surface area contributed by atoms with Gasteiger partial charge in [-0.2, -0.15) is 0 Å². The molecule has 0 bridgehead atoms. The molecule has 2 aliphatic heterocycles. The fraction of sp³-hybridized carbons (Fsp3) is 0.714. The molecular formula is C14H23N3O3. The predicted octanol–water partition coefficient (Wildman–Crippen LogP) is 0.943. The molecule has 2 amide bonds. The first-order valence-electron chi connectivity index (χ1n) is 7.06. The summed E-state index contributed by atoms with van der Waals surface area (Å²) in [6.45, 7) is 9.06. The standard InChI is InChI=1S/C14H23N3O3/c1-14(2,3)20-13(19)17-8-6-16(7-9-17)11-4-5-15-12(18)10-11/h10H,4-9H2,1-3H3,(H,15,18). The number of hydrogen-bond acceptors (Lipinski definition) is 4. The van der Waals surface area contributed by atoms with Crippen LogP contribution in [0.2, 0.25) is 0 Å². The maximum absolute atomic E-state index is 12.0. The van der Waals surface area contributed by atoms with E-state index in [-0.39, 0.29) is 12.0 Å². The van der Waals surface area contributed by atoms with Crippen molar-refractivity contribution in [1.82, 2.24) is 15.1 Å². The van der Waals surface area contributed by atoms with Crippen LogP contribution >= 0.6 is 0 Å². The number of ether oxygens (including phenoxy) is 1. The van der Waals surface area contributed by atoms with Gasteiger partial charge in [0.05, 0.1) is 0 Å². The van der Waals surface area contributed by atoms with Gasteiger partial charge < -0.3 is 19.9 Å². The zero-order valence-electron chi connectivity index (χ0n) is 12.4. The number of hydrogen-bond donors (Lipinski definition) is 1. The van der Waals surface area contributed by atoms with E-state index in [0.717, 1.165) is 25.2 Å². The quantitative estimate of drug-likeness (QED) is 0.777. The molecule has 1 N–H and O–H groups in total. The Hall–Kier alpha value is -1.72. The molecule has 1 fully saturated rings. The smallest absolute Gasteiger partial charge is 0.410 e. The molecule has 0 spiro atoms. The summed E-state index contributed by atoms with van der Waals surface area (Å²) < 4.78 is 5.36. The second kappa shape index (κ2) is 5.73. The van der Waals surface area contributed by atoms with E-state index < -0.39 is 5.60 Å². The summed E-state index contributed by atoms with van der Waals surface area (Å²) in [5, 5.41) is 2.78.